The van der Waals surface area contributed by atoms with Crippen LogP contribution in [0.1, 0.15) is 50.8 Å². The molecule has 0 unspecified atom stereocenters. The Hall–Kier alpha value is -4.87. The Morgan fingerprint density at radius 2 is 1.81 bits per heavy atom. The Kier molecular flexibility index (Phi) is 6.86. The number of rotatable bonds is 9. The lowest BCUT2D eigenvalue weighted by molar-refractivity contribution is -0.384. The molecule has 0 radical (unpaired) electrons. The largest absolute Gasteiger partial charge is 0.462 e. The molecule has 1 N–H and O–H groups in total. The van der Waals surface area contributed by atoms with E-state index in [4.69, 9.17) is 4.74 Å². The van der Waals surface area contributed by atoms with Crippen LogP contribution in [0, 0.1) is 10.1 Å². The summed E-state index contributed by atoms with van der Waals surface area (Å²) in [5.74, 6) is -2.19. The van der Waals surface area contributed by atoms with E-state index >= 15 is 0 Å². The van der Waals surface area contributed by atoms with Gasteiger partial charge in [-0.15, -0.1) is 0 Å². The van der Waals surface area contributed by atoms with Gasteiger partial charge >= 0.3 is 5.97 Å². The van der Waals surface area contributed by atoms with Crippen molar-refractivity contribution in [1.29, 1.82) is 0 Å². The van der Waals surface area contributed by atoms with Crippen LogP contribution in [-0.4, -0.2) is 56.4 Å². The second kappa shape index (κ2) is 10.2. The van der Waals surface area contributed by atoms with Gasteiger partial charge in [0.2, 0.25) is 5.91 Å². The fraction of sp³-hybridized carbons (Fsp3) is 0.208. The molecule has 0 aliphatic carbocycles. The van der Waals surface area contributed by atoms with Crippen molar-refractivity contribution in [2.75, 3.05) is 18.5 Å². The SMILES string of the molecule is CCOC(=O)c1cnn(-c2ccccc2)c1NC(=O)CCCN1C(=O)c2ccc([N+](=O)[O-])cc2C1=O. The highest BCUT2D eigenvalue weighted by molar-refractivity contribution is 6.21. The normalized spacial score (nSPS) is 12.4. The molecule has 0 fully saturated rings. The minimum Gasteiger partial charge on any atom is -0.462 e. The van der Waals surface area contributed by atoms with Crippen LogP contribution in [0.4, 0.5) is 11.5 Å². The number of nitrogens with zero attached hydrogens (tertiary/aromatic N) is 4. The predicted octanol–water partition coefficient (Wildman–Crippen LogP) is 2.97. The molecule has 2 aromatic carbocycles. The minimum absolute atomic E-state index is 0.0375. The van der Waals surface area contributed by atoms with Crippen molar-refractivity contribution in [3.05, 3.63) is 81.5 Å². The van der Waals surface area contributed by atoms with Crippen LogP contribution in [-0.2, 0) is 9.53 Å². The average Bonchev–Trinajstić information content (AvgIpc) is 3.39. The summed E-state index contributed by atoms with van der Waals surface area (Å²) in [4.78, 5) is 61.6. The summed E-state index contributed by atoms with van der Waals surface area (Å²) in [6.07, 6.45) is 1.36. The number of esters is 1. The fourth-order valence-electron chi connectivity index (χ4n) is 3.78. The third-order valence-electron chi connectivity index (χ3n) is 5.47. The first kappa shape index (κ1) is 24.3. The smallest absolute Gasteiger partial charge is 0.343 e. The standard InChI is InChI=1S/C24H21N5O7/c1-2-36-24(33)19-14-25-28(15-7-4-3-5-8-15)21(19)26-20(30)9-6-12-27-22(31)17-11-10-16(29(34)35)13-18(17)23(27)32/h3-5,7-8,10-11,13-14H,2,6,9,12H2,1H3,(H,26,30). The van der Waals surface area contributed by atoms with Gasteiger partial charge in [0.05, 0.1) is 34.5 Å². The molecule has 12 heteroatoms. The molecule has 3 aromatic rings. The van der Waals surface area contributed by atoms with Gasteiger partial charge in [-0.25, -0.2) is 9.48 Å². The van der Waals surface area contributed by atoms with E-state index in [0.29, 0.717) is 5.69 Å². The first-order valence-corrected chi connectivity index (χ1v) is 11.1. The van der Waals surface area contributed by atoms with Crippen LogP contribution in [0.15, 0.2) is 54.7 Å². The number of hydrogen-bond acceptors (Lipinski definition) is 8. The van der Waals surface area contributed by atoms with Gasteiger partial charge in [0, 0.05) is 25.1 Å². The molecule has 12 nitrogen and oxygen atoms in total. The number of para-hydroxylation sites is 1. The summed E-state index contributed by atoms with van der Waals surface area (Å²) < 4.78 is 6.46. The number of carbonyl (C=O) groups excluding carboxylic acids is 4. The summed E-state index contributed by atoms with van der Waals surface area (Å²) in [7, 11) is 0. The number of imide groups is 1. The van der Waals surface area contributed by atoms with E-state index in [1.807, 2.05) is 6.07 Å². The maximum absolute atomic E-state index is 12.7. The lowest BCUT2D eigenvalue weighted by Gasteiger charge is -2.14. The van der Waals surface area contributed by atoms with Crippen LogP contribution < -0.4 is 5.32 Å². The van der Waals surface area contributed by atoms with Crippen molar-refractivity contribution in [2.24, 2.45) is 0 Å². The summed E-state index contributed by atoms with van der Waals surface area (Å²) in [6, 6.07) is 12.4. The molecule has 0 spiro atoms. The Morgan fingerprint density at radius 3 is 2.50 bits per heavy atom. The number of carbonyl (C=O) groups is 4. The zero-order chi connectivity index (χ0) is 25.8. The lowest BCUT2D eigenvalue weighted by Crippen LogP contribution is -2.31. The molecule has 36 heavy (non-hydrogen) atoms. The van der Waals surface area contributed by atoms with Gasteiger partial charge in [-0.2, -0.15) is 5.10 Å². The number of fused-ring (bicyclic) bond motifs is 1. The van der Waals surface area contributed by atoms with E-state index in [1.54, 1.807) is 31.2 Å². The number of amides is 3. The van der Waals surface area contributed by atoms with Crippen LogP contribution in [0.3, 0.4) is 0 Å². The molecule has 1 aromatic heterocycles. The molecule has 1 aliphatic heterocycles. The Balaban J connectivity index is 1.44. The van der Waals surface area contributed by atoms with Crippen molar-refractivity contribution >= 4 is 35.2 Å². The monoisotopic (exact) mass is 491 g/mol. The summed E-state index contributed by atoms with van der Waals surface area (Å²) in [5.41, 5.74) is 0.452. The molecule has 184 valence electrons. The minimum atomic E-state index is -0.647. The second-order valence-corrected chi connectivity index (χ2v) is 7.78. The van der Waals surface area contributed by atoms with Gasteiger partial charge in [-0.3, -0.25) is 29.4 Å². The van der Waals surface area contributed by atoms with Crippen LogP contribution in [0.5, 0.6) is 0 Å². The maximum Gasteiger partial charge on any atom is 0.343 e. The first-order chi connectivity index (χ1) is 17.3. The number of nitro benzene ring substituents is 1. The van der Waals surface area contributed by atoms with E-state index in [0.717, 1.165) is 17.0 Å². The Morgan fingerprint density at radius 1 is 1.08 bits per heavy atom. The van der Waals surface area contributed by atoms with Crippen molar-refractivity contribution in [3.63, 3.8) is 0 Å². The molecular formula is C24H21N5O7. The molecule has 0 bridgehead atoms. The summed E-state index contributed by atoms with van der Waals surface area (Å²) in [5, 5.41) is 17.9. The van der Waals surface area contributed by atoms with Crippen molar-refractivity contribution < 1.29 is 28.8 Å². The lowest BCUT2D eigenvalue weighted by atomic mass is 10.1. The number of aromatic nitrogens is 2. The molecule has 4 rings (SSSR count). The first-order valence-electron chi connectivity index (χ1n) is 11.1. The van der Waals surface area contributed by atoms with E-state index in [1.165, 1.54) is 16.9 Å². The third kappa shape index (κ3) is 4.69. The van der Waals surface area contributed by atoms with Gasteiger partial charge < -0.3 is 10.1 Å². The van der Waals surface area contributed by atoms with E-state index in [-0.39, 0.29) is 54.2 Å². The fourth-order valence-corrected chi connectivity index (χ4v) is 3.78. The van der Waals surface area contributed by atoms with Gasteiger partial charge in [0.1, 0.15) is 5.56 Å². The van der Waals surface area contributed by atoms with Crippen LogP contribution in [0.2, 0.25) is 0 Å². The quantitative estimate of drug-likeness (QED) is 0.207. The molecule has 0 saturated heterocycles. The van der Waals surface area contributed by atoms with Crippen LogP contribution >= 0.6 is 0 Å². The summed E-state index contributed by atoms with van der Waals surface area (Å²) >= 11 is 0. The molecular weight excluding hydrogens is 470 g/mol. The maximum atomic E-state index is 12.7. The Bertz CT molecular complexity index is 1370. The van der Waals surface area contributed by atoms with Crippen molar-refractivity contribution in [3.8, 4) is 5.69 Å². The zero-order valence-electron chi connectivity index (χ0n) is 19.2. The topological polar surface area (TPSA) is 154 Å². The van der Waals surface area contributed by atoms with Gasteiger partial charge in [-0.1, -0.05) is 18.2 Å². The molecule has 2 heterocycles. The zero-order valence-corrected chi connectivity index (χ0v) is 19.2. The van der Waals surface area contributed by atoms with E-state index in [2.05, 4.69) is 10.4 Å². The third-order valence-corrected chi connectivity index (χ3v) is 5.47. The number of benzene rings is 2. The highest BCUT2D eigenvalue weighted by atomic mass is 16.6. The molecule has 0 atom stereocenters. The predicted molar refractivity (Wildman–Crippen MR) is 126 cm³/mol. The molecule has 0 saturated carbocycles. The number of nitrogens with one attached hydrogen (secondary N) is 1. The van der Waals surface area contributed by atoms with Crippen molar-refractivity contribution in [2.45, 2.75) is 19.8 Å². The molecule has 1 aliphatic rings. The summed E-state index contributed by atoms with van der Waals surface area (Å²) in [6.45, 7) is 1.75. The molecule has 3 amide bonds. The van der Waals surface area contributed by atoms with E-state index < -0.39 is 28.6 Å². The number of anilines is 1. The second-order valence-electron chi connectivity index (χ2n) is 7.78. The van der Waals surface area contributed by atoms with Gasteiger partial charge in [0.25, 0.3) is 17.5 Å². The van der Waals surface area contributed by atoms with Crippen LogP contribution in [0.25, 0.3) is 5.69 Å². The number of non-ortho nitro benzene ring substituents is 1. The van der Waals surface area contributed by atoms with Gasteiger partial charge in [-0.05, 0) is 31.5 Å². The number of nitro groups is 1. The average molecular weight is 491 g/mol. The number of hydrogen-bond donors (Lipinski definition) is 1. The Labute approximate surface area is 204 Å². The van der Waals surface area contributed by atoms with Crippen molar-refractivity contribution in [1.82, 2.24) is 14.7 Å². The van der Waals surface area contributed by atoms with Gasteiger partial charge in [0.15, 0.2) is 5.82 Å². The van der Waals surface area contributed by atoms with E-state index in [9.17, 15) is 29.3 Å². The highest BCUT2D eigenvalue weighted by Crippen LogP contribution is 2.27. The highest BCUT2D eigenvalue weighted by Gasteiger charge is 2.36. The number of ether oxygens (including phenoxy) is 1.